The number of rotatable bonds is 0. The number of nitrogens with zero attached hydrogens (tertiary/aromatic N) is 2. The third-order valence-electron chi connectivity index (χ3n) is 2.09. The minimum absolute atomic E-state index is 0.205. The Kier molecular flexibility index (Phi) is 2.19. The van der Waals surface area contributed by atoms with Gasteiger partial charge >= 0.3 is 0 Å². The maximum atomic E-state index is 11.5. The second-order valence-electron chi connectivity index (χ2n) is 3.07. The molecular formula is C7H9BrN2O2S. The molecule has 0 radical (unpaired) electrons. The second-order valence-corrected chi connectivity index (χ2v) is 5.58. The lowest BCUT2D eigenvalue weighted by atomic mass is 10.4. The van der Waals surface area contributed by atoms with Crippen LogP contribution >= 0.6 is 15.9 Å². The highest BCUT2D eigenvalue weighted by molar-refractivity contribution is 9.11. The Labute approximate surface area is 85.4 Å². The molecule has 0 unspecified atom stereocenters. The van der Waals surface area contributed by atoms with Gasteiger partial charge in [0.1, 0.15) is 4.61 Å². The molecule has 2 aliphatic heterocycles. The first-order chi connectivity index (χ1) is 6.09. The van der Waals surface area contributed by atoms with Crippen molar-refractivity contribution in [3.05, 3.63) is 10.0 Å². The molecule has 0 aromatic heterocycles. The molecule has 4 nitrogen and oxygen atoms in total. The van der Waals surface area contributed by atoms with Gasteiger partial charge in [-0.15, -0.1) is 0 Å². The molecule has 1 saturated heterocycles. The van der Waals surface area contributed by atoms with Gasteiger partial charge in [-0.2, -0.15) is 0 Å². The fourth-order valence-corrected chi connectivity index (χ4v) is 3.73. The molecule has 0 aliphatic carbocycles. The molecule has 72 valence electrons. The van der Waals surface area contributed by atoms with Crippen molar-refractivity contribution in [1.29, 1.82) is 0 Å². The van der Waals surface area contributed by atoms with Gasteiger partial charge < -0.3 is 4.90 Å². The summed E-state index contributed by atoms with van der Waals surface area (Å²) in [5.41, 5.74) is 0. The monoisotopic (exact) mass is 264 g/mol. The molecule has 6 heteroatoms. The Morgan fingerprint density at radius 2 is 2.00 bits per heavy atom. The van der Waals surface area contributed by atoms with Crippen LogP contribution in [-0.2, 0) is 9.84 Å². The van der Waals surface area contributed by atoms with E-state index < -0.39 is 9.84 Å². The fourth-order valence-electron chi connectivity index (χ4n) is 1.52. The van der Waals surface area contributed by atoms with Gasteiger partial charge in [0.2, 0.25) is 15.0 Å². The molecule has 0 saturated carbocycles. The number of sulfone groups is 1. The average molecular weight is 265 g/mol. The van der Waals surface area contributed by atoms with Gasteiger partial charge in [-0.05, 0) is 28.8 Å². The molecule has 0 aromatic carbocycles. The van der Waals surface area contributed by atoms with E-state index in [4.69, 9.17) is 0 Å². The quantitative estimate of drug-likeness (QED) is 0.615. The van der Waals surface area contributed by atoms with Gasteiger partial charge in [-0.1, -0.05) is 0 Å². The molecule has 0 bridgehead atoms. The van der Waals surface area contributed by atoms with Crippen LogP contribution in [0.1, 0.15) is 12.8 Å². The van der Waals surface area contributed by atoms with Gasteiger partial charge in [-0.3, -0.25) is 0 Å². The number of aliphatic imine (C=N–C) groups is 1. The smallest absolute Gasteiger partial charge is 0.235 e. The lowest BCUT2D eigenvalue weighted by Crippen LogP contribution is -2.31. The highest BCUT2D eigenvalue weighted by Crippen LogP contribution is 2.23. The first-order valence-corrected chi connectivity index (χ1v) is 6.39. The summed E-state index contributed by atoms with van der Waals surface area (Å²) in [6.07, 6.45) is 2.10. The summed E-state index contributed by atoms with van der Waals surface area (Å²) < 4.78 is 23.4. The van der Waals surface area contributed by atoms with E-state index in [0.29, 0.717) is 4.61 Å². The highest BCUT2D eigenvalue weighted by atomic mass is 79.9. The lowest BCUT2D eigenvalue weighted by molar-refractivity contribution is 0.522. The summed E-state index contributed by atoms with van der Waals surface area (Å²) >= 11 is 3.07. The third kappa shape index (κ3) is 1.65. The average Bonchev–Trinajstić information content (AvgIpc) is 2.56. The Morgan fingerprint density at radius 1 is 1.38 bits per heavy atom. The number of halogens is 1. The van der Waals surface area contributed by atoms with Crippen molar-refractivity contribution in [2.75, 3.05) is 13.1 Å². The van der Waals surface area contributed by atoms with Gasteiger partial charge in [0, 0.05) is 13.1 Å². The fraction of sp³-hybridized carbons (Fsp3) is 0.571. The van der Waals surface area contributed by atoms with Crippen molar-refractivity contribution in [2.45, 2.75) is 12.8 Å². The summed E-state index contributed by atoms with van der Waals surface area (Å²) in [6, 6.07) is 0. The van der Waals surface area contributed by atoms with Crippen LogP contribution in [0.2, 0.25) is 0 Å². The van der Waals surface area contributed by atoms with Crippen LogP contribution in [-0.4, -0.2) is 31.6 Å². The Balaban J connectivity index is 2.31. The summed E-state index contributed by atoms with van der Waals surface area (Å²) in [6.45, 7) is 1.60. The van der Waals surface area contributed by atoms with E-state index in [2.05, 4.69) is 20.9 Å². The van der Waals surface area contributed by atoms with E-state index in [9.17, 15) is 8.42 Å². The summed E-state index contributed by atoms with van der Waals surface area (Å²) in [5.74, 6) is 0. The van der Waals surface area contributed by atoms with Crippen LogP contribution in [0, 0.1) is 0 Å². The van der Waals surface area contributed by atoms with Crippen molar-refractivity contribution >= 4 is 30.9 Å². The SMILES string of the molecule is O=S1(=O)C=C(Br)N=C1N1CCCC1. The predicted molar refractivity (Wildman–Crippen MR) is 54.2 cm³/mol. The van der Waals surface area contributed by atoms with Crippen LogP contribution < -0.4 is 0 Å². The molecule has 2 heterocycles. The van der Waals surface area contributed by atoms with Crippen LogP contribution in [0.5, 0.6) is 0 Å². The maximum Gasteiger partial charge on any atom is 0.235 e. The van der Waals surface area contributed by atoms with Crippen molar-refractivity contribution in [3.8, 4) is 0 Å². The molecule has 0 aromatic rings. The van der Waals surface area contributed by atoms with E-state index >= 15 is 0 Å². The molecule has 0 spiro atoms. The summed E-state index contributed by atoms with van der Waals surface area (Å²) in [7, 11) is -3.25. The van der Waals surface area contributed by atoms with Gasteiger partial charge in [0.15, 0.2) is 0 Å². The van der Waals surface area contributed by atoms with Crippen LogP contribution in [0.4, 0.5) is 0 Å². The first-order valence-electron chi connectivity index (χ1n) is 4.05. The molecule has 0 amide bonds. The number of amidine groups is 1. The van der Waals surface area contributed by atoms with Crippen LogP contribution in [0.25, 0.3) is 0 Å². The lowest BCUT2D eigenvalue weighted by Gasteiger charge is -2.15. The topological polar surface area (TPSA) is 49.7 Å². The molecule has 0 atom stereocenters. The summed E-state index contributed by atoms with van der Waals surface area (Å²) in [4.78, 5) is 5.78. The van der Waals surface area contributed by atoms with Gasteiger partial charge in [0.25, 0.3) is 0 Å². The van der Waals surface area contributed by atoms with Gasteiger partial charge in [-0.25, -0.2) is 13.4 Å². The first kappa shape index (κ1) is 9.21. The van der Waals surface area contributed by atoms with Crippen LogP contribution in [0.3, 0.4) is 0 Å². The zero-order chi connectivity index (χ0) is 9.47. The summed E-state index contributed by atoms with van der Waals surface area (Å²) in [5, 5.41) is 1.36. The van der Waals surface area contributed by atoms with E-state index in [1.54, 1.807) is 0 Å². The van der Waals surface area contributed by atoms with E-state index in [-0.39, 0.29) is 5.17 Å². The van der Waals surface area contributed by atoms with Crippen LogP contribution in [0.15, 0.2) is 15.0 Å². The Bertz CT molecular complexity index is 379. The number of hydrogen-bond donors (Lipinski definition) is 0. The molecule has 13 heavy (non-hydrogen) atoms. The van der Waals surface area contributed by atoms with Crippen molar-refractivity contribution in [1.82, 2.24) is 4.90 Å². The van der Waals surface area contributed by atoms with E-state index in [1.807, 2.05) is 4.90 Å². The minimum Gasteiger partial charge on any atom is -0.347 e. The molecule has 2 rings (SSSR count). The number of likely N-dealkylation sites (tertiary alicyclic amines) is 1. The van der Waals surface area contributed by atoms with Crippen molar-refractivity contribution < 1.29 is 8.42 Å². The predicted octanol–water partition coefficient (Wildman–Crippen LogP) is 1.06. The second kappa shape index (κ2) is 3.09. The molecule has 1 fully saturated rings. The van der Waals surface area contributed by atoms with Gasteiger partial charge in [0.05, 0.1) is 5.41 Å². The maximum absolute atomic E-state index is 11.5. The van der Waals surface area contributed by atoms with E-state index in [0.717, 1.165) is 31.3 Å². The zero-order valence-electron chi connectivity index (χ0n) is 6.90. The largest absolute Gasteiger partial charge is 0.347 e. The molecule has 2 aliphatic rings. The zero-order valence-corrected chi connectivity index (χ0v) is 9.31. The molecule has 0 N–H and O–H groups in total. The van der Waals surface area contributed by atoms with Crippen molar-refractivity contribution in [2.24, 2.45) is 4.99 Å². The number of hydrogen-bond acceptors (Lipinski definition) is 4. The Morgan fingerprint density at radius 3 is 2.46 bits per heavy atom. The Hall–Kier alpha value is -0.360. The minimum atomic E-state index is -3.25. The van der Waals surface area contributed by atoms with E-state index in [1.165, 1.54) is 0 Å². The van der Waals surface area contributed by atoms with Crippen molar-refractivity contribution in [3.63, 3.8) is 0 Å². The highest BCUT2D eigenvalue weighted by Gasteiger charge is 2.30. The standard InChI is InChI=1S/C7H9BrN2O2S/c8-6-5-13(11,12)7(9-6)10-3-1-2-4-10/h5H,1-4H2. The normalized spacial score (nSPS) is 26.1. The third-order valence-corrected chi connectivity index (χ3v) is 4.19. The molecular weight excluding hydrogens is 256 g/mol.